The molecule has 2 aromatic carbocycles. The SMILES string of the molecule is COc1cc(CNC[C@@H](O)c2ccc(C)cc2)cc2c1OCO2. The number of nitrogens with one attached hydrogen (secondary N) is 1. The van der Waals surface area contributed by atoms with Crippen LogP contribution in [0.15, 0.2) is 36.4 Å². The number of aliphatic hydroxyl groups excluding tert-OH is 1. The molecule has 0 saturated heterocycles. The van der Waals surface area contributed by atoms with Gasteiger partial charge in [0.15, 0.2) is 11.5 Å². The van der Waals surface area contributed by atoms with E-state index in [2.05, 4.69) is 5.32 Å². The van der Waals surface area contributed by atoms with Gasteiger partial charge in [0.25, 0.3) is 0 Å². The second-order valence-electron chi connectivity index (χ2n) is 5.59. The van der Waals surface area contributed by atoms with E-state index >= 15 is 0 Å². The molecule has 1 heterocycles. The number of aryl methyl sites for hydroxylation is 1. The van der Waals surface area contributed by atoms with Gasteiger partial charge in [-0.1, -0.05) is 29.8 Å². The summed E-state index contributed by atoms with van der Waals surface area (Å²) in [5.74, 6) is 2.01. The summed E-state index contributed by atoms with van der Waals surface area (Å²) in [5, 5.41) is 13.5. The Morgan fingerprint density at radius 2 is 2.00 bits per heavy atom. The number of rotatable bonds is 6. The van der Waals surface area contributed by atoms with Crippen LogP contribution in [0.5, 0.6) is 17.2 Å². The molecule has 0 spiro atoms. The van der Waals surface area contributed by atoms with Crippen molar-refractivity contribution >= 4 is 0 Å². The molecule has 23 heavy (non-hydrogen) atoms. The Labute approximate surface area is 135 Å². The molecular formula is C18H21NO4. The van der Waals surface area contributed by atoms with Gasteiger partial charge in [-0.2, -0.15) is 0 Å². The second kappa shape index (κ2) is 6.89. The Bertz CT molecular complexity index is 669. The lowest BCUT2D eigenvalue weighted by molar-refractivity contribution is 0.171. The maximum absolute atomic E-state index is 10.2. The summed E-state index contributed by atoms with van der Waals surface area (Å²) in [4.78, 5) is 0. The molecule has 122 valence electrons. The molecule has 0 bridgehead atoms. The van der Waals surface area contributed by atoms with Gasteiger partial charge in [-0.3, -0.25) is 0 Å². The van der Waals surface area contributed by atoms with E-state index in [0.717, 1.165) is 11.1 Å². The van der Waals surface area contributed by atoms with Gasteiger partial charge in [0.1, 0.15) is 0 Å². The fraction of sp³-hybridized carbons (Fsp3) is 0.333. The van der Waals surface area contributed by atoms with Crippen molar-refractivity contribution in [2.75, 3.05) is 20.4 Å². The Morgan fingerprint density at radius 3 is 2.74 bits per heavy atom. The van der Waals surface area contributed by atoms with Gasteiger partial charge in [0.2, 0.25) is 12.5 Å². The molecule has 0 aliphatic carbocycles. The van der Waals surface area contributed by atoms with Gasteiger partial charge in [-0.05, 0) is 30.2 Å². The molecule has 0 unspecified atom stereocenters. The first-order chi connectivity index (χ1) is 11.2. The quantitative estimate of drug-likeness (QED) is 0.858. The standard InChI is InChI=1S/C18H21NO4/c1-12-3-5-14(6-4-12)15(20)10-19-9-13-7-16(21-2)18-17(8-13)22-11-23-18/h3-8,15,19-20H,9-11H2,1-2H3/t15-/m1/s1. The molecule has 1 aliphatic rings. The molecular weight excluding hydrogens is 294 g/mol. The fourth-order valence-electron chi connectivity index (χ4n) is 2.55. The van der Waals surface area contributed by atoms with Crippen LogP contribution in [0.2, 0.25) is 0 Å². The highest BCUT2D eigenvalue weighted by Gasteiger charge is 2.20. The molecule has 1 atom stereocenters. The normalized spacial score (nSPS) is 13.9. The van der Waals surface area contributed by atoms with Crippen molar-refractivity contribution in [2.24, 2.45) is 0 Å². The van der Waals surface area contributed by atoms with Crippen molar-refractivity contribution in [2.45, 2.75) is 19.6 Å². The predicted molar refractivity (Wildman–Crippen MR) is 87.0 cm³/mol. The fourth-order valence-corrected chi connectivity index (χ4v) is 2.55. The van der Waals surface area contributed by atoms with Crippen molar-refractivity contribution in [3.8, 4) is 17.2 Å². The Balaban J connectivity index is 1.59. The Hall–Kier alpha value is -2.24. The van der Waals surface area contributed by atoms with Crippen molar-refractivity contribution in [3.05, 3.63) is 53.1 Å². The third kappa shape index (κ3) is 3.57. The summed E-state index contributed by atoms with van der Waals surface area (Å²) in [6.45, 7) is 3.33. The van der Waals surface area contributed by atoms with Crippen LogP contribution >= 0.6 is 0 Å². The number of methoxy groups -OCH3 is 1. The molecule has 0 amide bonds. The molecule has 0 saturated carbocycles. The van der Waals surface area contributed by atoms with Crippen molar-refractivity contribution in [1.29, 1.82) is 0 Å². The van der Waals surface area contributed by atoms with Gasteiger partial charge in [-0.15, -0.1) is 0 Å². The van der Waals surface area contributed by atoms with E-state index in [1.807, 2.05) is 43.3 Å². The van der Waals surface area contributed by atoms with E-state index in [1.54, 1.807) is 7.11 Å². The first-order valence-corrected chi connectivity index (χ1v) is 7.59. The lowest BCUT2D eigenvalue weighted by Crippen LogP contribution is -2.21. The van der Waals surface area contributed by atoms with E-state index in [1.165, 1.54) is 5.56 Å². The van der Waals surface area contributed by atoms with Gasteiger partial charge < -0.3 is 24.6 Å². The van der Waals surface area contributed by atoms with E-state index in [9.17, 15) is 5.11 Å². The van der Waals surface area contributed by atoms with Crippen LogP contribution < -0.4 is 19.5 Å². The third-order valence-corrected chi connectivity index (χ3v) is 3.85. The maximum atomic E-state index is 10.2. The topological polar surface area (TPSA) is 60.0 Å². The van der Waals surface area contributed by atoms with Crippen LogP contribution in [0.25, 0.3) is 0 Å². The van der Waals surface area contributed by atoms with Crippen molar-refractivity contribution in [3.63, 3.8) is 0 Å². The average Bonchev–Trinajstić information content (AvgIpc) is 3.03. The van der Waals surface area contributed by atoms with Crippen molar-refractivity contribution < 1.29 is 19.3 Å². The lowest BCUT2D eigenvalue weighted by Gasteiger charge is -2.13. The van der Waals surface area contributed by atoms with Crippen LogP contribution in [0.3, 0.4) is 0 Å². The molecule has 0 fully saturated rings. The molecule has 0 radical (unpaired) electrons. The van der Waals surface area contributed by atoms with Gasteiger partial charge in [-0.25, -0.2) is 0 Å². The zero-order chi connectivity index (χ0) is 16.2. The minimum Gasteiger partial charge on any atom is -0.493 e. The maximum Gasteiger partial charge on any atom is 0.231 e. The first-order valence-electron chi connectivity index (χ1n) is 7.59. The molecule has 2 N–H and O–H groups in total. The highest BCUT2D eigenvalue weighted by molar-refractivity contribution is 5.55. The van der Waals surface area contributed by atoms with Gasteiger partial charge in [0.05, 0.1) is 13.2 Å². The lowest BCUT2D eigenvalue weighted by atomic mass is 10.1. The smallest absolute Gasteiger partial charge is 0.231 e. The first kappa shape index (κ1) is 15.6. The van der Waals surface area contributed by atoms with E-state index in [4.69, 9.17) is 14.2 Å². The molecule has 5 heteroatoms. The Morgan fingerprint density at radius 1 is 1.22 bits per heavy atom. The molecule has 1 aliphatic heterocycles. The summed E-state index contributed by atoms with van der Waals surface area (Å²) in [6, 6.07) is 11.7. The highest BCUT2D eigenvalue weighted by Crippen LogP contribution is 2.41. The summed E-state index contributed by atoms with van der Waals surface area (Å²) in [7, 11) is 1.61. The minimum absolute atomic E-state index is 0.217. The van der Waals surface area contributed by atoms with Crippen LogP contribution in [-0.2, 0) is 6.54 Å². The average molecular weight is 315 g/mol. The van der Waals surface area contributed by atoms with E-state index in [-0.39, 0.29) is 6.79 Å². The largest absolute Gasteiger partial charge is 0.493 e. The van der Waals surface area contributed by atoms with E-state index < -0.39 is 6.10 Å². The van der Waals surface area contributed by atoms with Crippen LogP contribution in [0.4, 0.5) is 0 Å². The van der Waals surface area contributed by atoms with Crippen LogP contribution in [-0.4, -0.2) is 25.6 Å². The van der Waals surface area contributed by atoms with Crippen LogP contribution in [0.1, 0.15) is 22.8 Å². The summed E-state index contributed by atoms with van der Waals surface area (Å²) in [6.07, 6.45) is -0.536. The number of benzene rings is 2. The predicted octanol–water partition coefficient (Wildman–Crippen LogP) is 2.56. The number of fused-ring (bicyclic) bond motifs is 1. The molecule has 2 aromatic rings. The second-order valence-corrected chi connectivity index (χ2v) is 5.59. The summed E-state index contributed by atoms with van der Waals surface area (Å²) >= 11 is 0. The molecule has 0 aromatic heterocycles. The van der Waals surface area contributed by atoms with Crippen LogP contribution in [0, 0.1) is 6.92 Å². The summed E-state index contributed by atoms with van der Waals surface area (Å²) in [5.41, 5.74) is 3.11. The summed E-state index contributed by atoms with van der Waals surface area (Å²) < 4.78 is 16.1. The van der Waals surface area contributed by atoms with Gasteiger partial charge in [0, 0.05) is 13.1 Å². The monoisotopic (exact) mass is 315 g/mol. The van der Waals surface area contributed by atoms with Crippen molar-refractivity contribution in [1.82, 2.24) is 5.32 Å². The number of aliphatic hydroxyl groups is 1. The third-order valence-electron chi connectivity index (χ3n) is 3.85. The minimum atomic E-state index is -0.536. The van der Waals surface area contributed by atoms with E-state index in [0.29, 0.717) is 30.3 Å². The van der Waals surface area contributed by atoms with Gasteiger partial charge >= 0.3 is 0 Å². The number of ether oxygens (including phenoxy) is 3. The molecule has 3 rings (SSSR count). The zero-order valence-corrected chi connectivity index (χ0v) is 13.3. The Kier molecular flexibility index (Phi) is 4.69. The number of hydrogen-bond donors (Lipinski definition) is 2. The highest BCUT2D eigenvalue weighted by atomic mass is 16.7. The zero-order valence-electron chi connectivity index (χ0n) is 13.3. The molecule has 5 nitrogen and oxygen atoms in total. The number of hydrogen-bond acceptors (Lipinski definition) is 5.